The average molecular weight is 290 g/mol. The van der Waals surface area contributed by atoms with E-state index in [1.54, 1.807) is 0 Å². The van der Waals surface area contributed by atoms with E-state index in [2.05, 4.69) is 49.2 Å². The highest BCUT2D eigenvalue weighted by Crippen LogP contribution is 2.16. The quantitative estimate of drug-likeness (QED) is 0.832. The van der Waals surface area contributed by atoms with Gasteiger partial charge in [0.05, 0.1) is 6.10 Å². The topological polar surface area (TPSA) is 24.5 Å². The first-order chi connectivity index (χ1) is 10.2. The second-order valence-electron chi connectivity index (χ2n) is 6.31. The molecule has 3 heteroatoms. The van der Waals surface area contributed by atoms with Gasteiger partial charge in [0.25, 0.3) is 0 Å². The Hall–Kier alpha value is -1.06. The fraction of sp³-hybridized carbons (Fsp3) is 0.667. The second kappa shape index (κ2) is 8.40. The summed E-state index contributed by atoms with van der Waals surface area (Å²) in [5.41, 5.74) is 1.31. The number of rotatable bonds is 7. The molecule has 2 rings (SSSR count). The predicted molar refractivity (Wildman–Crippen MR) is 88.8 cm³/mol. The smallest absolute Gasteiger partial charge is 0.120 e. The Balaban J connectivity index is 1.76. The molecule has 0 unspecified atom stereocenters. The van der Waals surface area contributed by atoms with Crippen LogP contribution in [0.2, 0.25) is 0 Å². The third-order valence-corrected chi connectivity index (χ3v) is 3.99. The molecule has 0 aromatic heterocycles. The number of piperidine rings is 1. The Morgan fingerprint density at radius 1 is 1.29 bits per heavy atom. The van der Waals surface area contributed by atoms with Gasteiger partial charge in [0.2, 0.25) is 0 Å². The number of benzene rings is 1. The monoisotopic (exact) mass is 290 g/mol. The van der Waals surface area contributed by atoms with E-state index in [0.717, 1.165) is 12.3 Å². The zero-order valence-corrected chi connectivity index (χ0v) is 13.8. The van der Waals surface area contributed by atoms with Gasteiger partial charge in [0, 0.05) is 12.6 Å². The zero-order valence-electron chi connectivity index (χ0n) is 13.8. The number of nitrogens with zero attached hydrogens (tertiary/aromatic N) is 1. The Bertz CT molecular complexity index is 411. The van der Waals surface area contributed by atoms with Crippen LogP contribution in [0.5, 0.6) is 5.75 Å². The molecule has 1 aliphatic heterocycles. The van der Waals surface area contributed by atoms with Crippen LogP contribution in [0.4, 0.5) is 0 Å². The number of hydrogen-bond donors (Lipinski definition) is 1. The molecule has 0 radical (unpaired) electrons. The highest BCUT2D eigenvalue weighted by molar-refractivity contribution is 5.28. The minimum atomic E-state index is 0.233. The van der Waals surface area contributed by atoms with Crippen LogP contribution in [-0.4, -0.2) is 36.7 Å². The summed E-state index contributed by atoms with van der Waals surface area (Å²) in [6.07, 6.45) is 4.03. The van der Waals surface area contributed by atoms with E-state index in [-0.39, 0.29) is 6.10 Å². The van der Waals surface area contributed by atoms with Gasteiger partial charge in [-0.1, -0.05) is 19.1 Å². The molecule has 1 aromatic carbocycles. The molecule has 0 bridgehead atoms. The lowest BCUT2D eigenvalue weighted by Gasteiger charge is -2.32. The van der Waals surface area contributed by atoms with Gasteiger partial charge in [0.1, 0.15) is 5.75 Å². The largest absolute Gasteiger partial charge is 0.491 e. The van der Waals surface area contributed by atoms with E-state index in [0.29, 0.717) is 6.04 Å². The molecular weight excluding hydrogens is 260 g/mol. The predicted octanol–water partition coefficient (Wildman–Crippen LogP) is 3.44. The molecule has 0 saturated carbocycles. The molecule has 0 spiro atoms. The molecule has 21 heavy (non-hydrogen) atoms. The molecule has 118 valence electrons. The third-order valence-electron chi connectivity index (χ3n) is 3.99. The van der Waals surface area contributed by atoms with Crippen LogP contribution in [0.15, 0.2) is 24.3 Å². The zero-order chi connectivity index (χ0) is 15.1. The van der Waals surface area contributed by atoms with E-state index >= 15 is 0 Å². The van der Waals surface area contributed by atoms with Crippen molar-refractivity contribution in [3.05, 3.63) is 29.8 Å². The van der Waals surface area contributed by atoms with Crippen LogP contribution in [0.25, 0.3) is 0 Å². The summed E-state index contributed by atoms with van der Waals surface area (Å²) in [6, 6.07) is 9.10. The maximum absolute atomic E-state index is 5.75. The van der Waals surface area contributed by atoms with Crippen molar-refractivity contribution in [1.29, 1.82) is 0 Å². The minimum absolute atomic E-state index is 0.233. The Kier molecular flexibility index (Phi) is 6.52. The van der Waals surface area contributed by atoms with Crippen LogP contribution in [-0.2, 0) is 6.54 Å². The summed E-state index contributed by atoms with van der Waals surface area (Å²) in [6.45, 7) is 11.1. The molecule has 1 saturated heterocycles. The molecule has 1 heterocycles. The highest BCUT2D eigenvalue weighted by atomic mass is 16.5. The molecular formula is C18H30N2O. The normalized spacial score (nSPS) is 17.3. The standard InChI is InChI=1S/C18H30N2O/c1-4-10-20-11-8-17(9-12-20)19-14-16-6-5-7-18(13-16)21-15(2)3/h5-7,13,15,17,19H,4,8-12,14H2,1-3H3. The van der Waals surface area contributed by atoms with Gasteiger partial charge in [0.15, 0.2) is 0 Å². The first-order valence-corrected chi connectivity index (χ1v) is 8.38. The van der Waals surface area contributed by atoms with Crippen molar-refractivity contribution < 1.29 is 4.74 Å². The fourth-order valence-corrected chi connectivity index (χ4v) is 2.94. The summed E-state index contributed by atoms with van der Waals surface area (Å²) in [5.74, 6) is 0.974. The molecule has 1 aromatic rings. The van der Waals surface area contributed by atoms with Crippen molar-refractivity contribution in [3.63, 3.8) is 0 Å². The summed E-state index contributed by atoms with van der Waals surface area (Å²) < 4.78 is 5.75. The molecule has 1 fully saturated rings. The Morgan fingerprint density at radius 3 is 2.71 bits per heavy atom. The molecule has 0 aliphatic carbocycles. The van der Waals surface area contributed by atoms with Crippen molar-refractivity contribution in [2.45, 2.75) is 58.7 Å². The summed E-state index contributed by atoms with van der Waals surface area (Å²) in [5, 5.41) is 3.70. The number of nitrogens with one attached hydrogen (secondary N) is 1. The summed E-state index contributed by atoms with van der Waals surface area (Å²) >= 11 is 0. The van der Waals surface area contributed by atoms with Crippen molar-refractivity contribution in [2.75, 3.05) is 19.6 Å². The second-order valence-corrected chi connectivity index (χ2v) is 6.31. The van der Waals surface area contributed by atoms with Gasteiger partial charge in [-0.25, -0.2) is 0 Å². The van der Waals surface area contributed by atoms with Gasteiger partial charge in [-0.15, -0.1) is 0 Å². The van der Waals surface area contributed by atoms with Crippen molar-refractivity contribution >= 4 is 0 Å². The van der Waals surface area contributed by atoms with E-state index in [1.807, 2.05) is 6.07 Å². The van der Waals surface area contributed by atoms with Crippen LogP contribution in [0.3, 0.4) is 0 Å². The van der Waals surface area contributed by atoms with Gasteiger partial charge in [-0.05, 0) is 70.4 Å². The lowest BCUT2D eigenvalue weighted by atomic mass is 10.0. The van der Waals surface area contributed by atoms with E-state index in [9.17, 15) is 0 Å². The first-order valence-electron chi connectivity index (χ1n) is 8.38. The van der Waals surface area contributed by atoms with Crippen molar-refractivity contribution in [1.82, 2.24) is 10.2 Å². The van der Waals surface area contributed by atoms with Crippen LogP contribution in [0.1, 0.15) is 45.6 Å². The van der Waals surface area contributed by atoms with E-state index in [4.69, 9.17) is 4.74 Å². The number of likely N-dealkylation sites (tertiary alicyclic amines) is 1. The van der Waals surface area contributed by atoms with Crippen LogP contribution in [0, 0.1) is 0 Å². The molecule has 1 aliphatic rings. The Morgan fingerprint density at radius 2 is 2.05 bits per heavy atom. The van der Waals surface area contributed by atoms with E-state index < -0.39 is 0 Å². The highest BCUT2D eigenvalue weighted by Gasteiger charge is 2.17. The van der Waals surface area contributed by atoms with Gasteiger partial charge >= 0.3 is 0 Å². The summed E-state index contributed by atoms with van der Waals surface area (Å²) in [4.78, 5) is 2.58. The van der Waals surface area contributed by atoms with Crippen molar-refractivity contribution in [3.8, 4) is 5.75 Å². The van der Waals surface area contributed by atoms with Crippen LogP contribution < -0.4 is 10.1 Å². The molecule has 3 nitrogen and oxygen atoms in total. The average Bonchev–Trinajstić information content (AvgIpc) is 2.47. The van der Waals surface area contributed by atoms with Gasteiger partial charge < -0.3 is 15.0 Å². The van der Waals surface area contributed by atoms with Gasteiger partial charge in [-0.3, -0.25) is 0 Å². The number of hydrogen-bond acceptors (Lipinski definition) is 3. The molecule has 1 N–H and O–H groups in total. The third kappa shape index (κ3) is 5.68. The minimum Gasteiger partial charge on any atom is -0.491 e. The van der Waals surface area contributed by atoms with Crippen LogP contribution >= 0.6 is 0 Å². The maximum Gasteiger partial charge on any atom is 0.120 e. The fourth-order valence-electron chi connectivity index (χ4n) is 2.94. The first kappa shape index (κ1) is 16.3. The molecule has 0 atom stereocenters. The van der Waals surface area contributed by atoms with Gasteiger partial charge in [-0.2, -0.15) is 0 Å². The lowest BCUT2D eigenvalue weighted by Crippen LogP contribution is -2.42. The summed E-state index contributed by atoms with van der Waals surface area (Å²) in [7, 11) is 0. The molecule has 0 amide bonds. The van der Waals surface area contributed by atoms with E-state index in [1.165, 1.54) is 44.5 Å². The van der Waals surface area contributed by atoms with Crippen molar-refractivity contribution in [2.24, 2.45) is 0 Å². The maximum atomic E-state index is 5.75. The Labute approximate surface area is 129 Å². The lowest BCUT2D eigenvalue weighted by molar-refractivity contribution is 0.197. The number of ether oxygens (including phenoxy) is 1. The SMILES string of the molecule is CCCN1CCC(NCc2cccc(OC(C)C)c2)CC1.